The third-order valence-corrected chi connectivity index (χ3v) is 3.87. The van der Waals surface area contributed by atoms with Gasteiger partial charge in [-0.1, -0.05) is 0 Å². The first kappa shape index (κ1) is 29.3. The largest absolute Gasteiger partial charge is 0.476 e. The predicted molar refractivity (Wildman–Crippen MR) is 119 cm³/mol. The zero-order valence-electron chi connectivity index (χ0n) is 17.7. The summed E-state index contributed by atoms with van der Waals surface area (Å²) in [6.07, 6.45) is 0. The van der Waals surface area contributed by atoms with Crippen LogP contribution in [0, 0.1) is 32.1 Å². The van der Waals surface area contributed by atoms with Crippen LogP contribution in [0.1, 0.15) is 16.2 Å². The van der Waals surface area contributed by atoms with Crippen molar-refractivity contribution in [3.05, 3.63) is 78.2 Å². The minimum Gasteiger partial charge on any atom is -0.476 e. The molecule has 0 unspecified atom stereocenters. The van der Waals surface area contributed by atoms with Crippen LogP contribution in [0.2, 0.25) is 0 Å². The van der Waals surface area contributed by atoms with Crippen molar-refractivity contribution in [3.8, 4) is 0 Å². The van der Waals surface area contributed by atoms with Crippen molar-refractivity contribution >= 4 is 46.5 Å². The van der Waals surface area contributed by atoms with Crippen LogP contribution in [0.3, 0.4) is 0 Å². The van der Waals surface area contributed by atoms with Crippen LogP contribution in [0.15, 0.2) is 24.4 Å². The topological polar surface area (TPSA) is 343 Å². The van der Waals surface area contributed by atoms with Gasteiger partial charge in [0, 0.05) is 0 Å². The molecule has 37 heavy (non-hydrogen) atoms. The highest BCUT2D eigenvalue weighted by Gasteiger charge is 2.33. The van der Waals surface area contributed by atoms with E-state index in [4.69, 9.17) is 5.11 Å². The lowest BCUT2D eigenvalue weighted by Gasteiger charge is -2.16. The molecule has 0 atom stereocenters. The predicted octanol–water partition coefficient (Wildman–Crippen LogP) is -3.40. The van der Waals surface area contributed by atoms with Gasteiger partial charge in [0.2, 0.25) is 11.7 Å². The number of nitrogens with zero attached hydrogens (tertiary/aromatic N) is 3. The minimum atomic E-state index is -1.75. The SMILES string of the molecule is Cc1[nH]c(=O)[nH]c(=O)c1[N+](=O)[O-].O=C(O)c1[nH]c(=O)[nH]c(=O)c1[N+](=O)[O-].O=NC1C(=O)NC(=S)NC1=O. The number of nitro groups is 2. The molecule has 1 aliphatic heterocycles. The number of aryl methyl sites for hydroxylation is 1. The summed E-state index contributed by atoms with van der Waals surface area (Å²) in [4.78, 5) is 110. The second kappa shape index (κ2) is 12.1. The molecule has 0 aromatic carbocycles. The van der Waals surface area contributed by atoms with E-state index in [1.54, 1.807) is 15.0 Å². The number of aromatic carboxylic acids is 1. The van der Waals surface area contributed by atoms with Crippen molar-refractivity contribution in [2.45, 2.75) is 13.0 Å². The second-order valence-corrected chi connectivity index (χ2v) is 6.56. The molecule has 2 aromatic heterocycles. The van der Waals surface area contributed by atoms with E-state index in [-0.39, 0.29) is 10.8 Å². The summed E-state index contributed by atoms with van der Waals surface area (Å²) in [7, 11) is 0. The number of carboxylic acids is 1. The van der Waals surface area contributed by atoms with Crippen molar-refractivity contribution in [1.29, 1.82) is 0 Å². The van der Waals surface area contributed by atoms with Crippen molar-refractivity contribution in [3.63, 3.8) is 0 Å². The Labute approximate surface area is 203 Å². The summed E-state index contributed by atoms with van der Waals surface area (Å²) in [6.45, 7) is 1.29. The maximum absolute atomic E-state index is 10.8. The van der Waals surface area contributed by atoms with Gasteiger partial charge >= 0.3 is 39.8 Å². The monoisotopic (exact) mass is 545 g/mol. The normalized spacial score (nSPS) is 12.5. The van der Waals surface area contributed by atoms with Crippen LogP contribution >= 0.6 is 12.2 Å². The number of H-pyrrole nitrogens is 4. The maximum Gasteiger partial charge on any atom is 0.364 e. The Kier molecular flexibility index (Phi) is 9.58. The van der Waals surface area contributed by atoms with Crippen LogP contribution < -0.4 is 33.1 Å². The van der Waals surface area contributed by atoms with Gasteiger partial charge in [-0.05, 0) is 24.3 Å². The zero-order chi connectivity index (χ0) is 28.6. The van der Waals surface area contributed by atoms with E-state index in [9.17, 15) is 58.7 Å². The van der Waals surface area contributed by atoms with Gasteiger partial charge < -0.3 is 20.7 Å². The molecule has 1 aliphatic rings. The smallest absolute Gasteiger partial charge is 0.364 e. The molecule has 0 saturated carbocycles. The number of nitroso groups, excluding NO2 is 1. The van der Waals surface area contributed by atoms with Gasteiger partial charge in [-0.3, -0.25) is 54.4 Å². The van der Waals surface area contributed by atoms with Crippen molar-refractivity contribution in [2.24, 2.45) is 5.18 Å². The number of aromatic amines is 4. The highest BCUT2D eigenvalue weighted by Crippen LogP contribution is 2.06. The maximum atomic E-state index is 10.8. The summed E-state index contributed by atoms with van der Waals surface area (Å²) in [5, 5.41) is 35.3. The summed E-state index contributed by atoms with van der Waals surface area (Å²) in [6, 6.07) is -1.51. The summed E-state index contributed by atoms with van der Waals surface area (Å²) in [5.74, 6) is -3.32. The van der Waals surface area contributed by atoms with Crippen LogP contribution in [0.4, 0.5) is 11.4 Å². The minimum absolute atomic E-state index is 0.0475. The molecular weight excluding hydrogens is 534 g/mol. The first-order valence-electron chi connectivity index (χ1n) is 8.80. The van der Waals surface area contributed by atoms with Crippen molar-refractivity contribution in [1.82, 2.24) is 30.6 Å². The molecule has 0 radical (unpaired) electrons. The van der Waals surface area contributed by atoms with Crippen LogP contribution in [0.25, 0.3) is 0 Å². The number of carbonyl (C=O) groups is 3. The van der Waals surface area contributed by atoms with Gasteiger partial charge in [0.15, 0.2) is 5.11 Å². The molecule has 0 aliphatic carbocycles. The Balaban J connectivity index is 0.000000280. The molecule has 196 valence electrons. The molecule has 7 N–H and O–H groups in total. The highest BCUT2D eigenvalue weighted by molar-refractivity contribution is 7.80. The molecular formula is C14H11N9O13S. The van der Waals surface area contributed by atoms with E-state index in [0.717, 1.165) is 0 Å². The number of thiocarbonyl (C=S) groups is 1. The van der Waals surface area contributed by atoms with Crippen LogP contribution in [-0.4, -0.2) is 63.8 Å². The first-order valence-corrected chi connectivity index (χ1v) is 9.21. The molecule has 2 amide bonds. The Hall–Kier alpha value is -5.74. The number of amides is 2. The Morgan fingerprint density at radius 3 is 1.68 bits per heavy atom. The standard InChI is InChI=1S/C5H3N3O6.C5H5N3O4.C4H3N3O3S/c9-3-2(8(13)14)1(4(10)11)6-5(12)7-3;1-2-3(8(11)12)4(9)7-5(10)6-2;8-2-1(7-10)3(9)6-4(11)5-2/h(H,10,11)(H2,6,7,9,12);1H3,(H2,6,7,9,10);1H,(H2,5,6,8,9,11). The van der Waals surface area contributed by atoms with Crippen LogP contribution in [0.5, 0.6) is 0 Å². The fourth-order valence-corrected chi connectivity index (χ4v) is 2.43. The summed E-state index contributed by atoms with van der Waals surface area (Å²) >= 11 is 4.45. The summed E-state index contributed by atoms with van der Waals surface area (Å²) in [5.41, 5.74) is -7.11. The van der Waals surface area contributed by atoms with E-state index in [0.29, 0.717) is 0 Å². The molecule has 1 saturated heterocycles. The third-order valence-electron chi connectivity index (χ3n) is 3.67. The van der Waals surface area contributed by atoms with Gasteiger partial charge in [0.1, 0.15) is 5.69 Å². The summed E-state index contributed by atoms with van der Waals surface area (Å²) < 4.78 is 0. The first-order chi connectivity index (χ1) is 17.1. The number of aromatic nitrogens is 4. The van der Waals surface area contributed by atoms with E-state index in [1.807, 2.05) is 0 Å². The van der Waals surface area contributed by atoms with E-state index in [2.05, 4.69) is 33.0 Å². The molecule has 0 bridgehead atoms. The number of hydrogen-bond donors (Lipinski definition) is 7. The molecule has 1 fully saturated rings. The van der Waals surface area contributed by atoms with Crippen molar-refractivity contribution in [2.75, 3.05) is 0 Å². The highest BCUT2D eigenvalue weighted by atomic mass is 32.1. The van der Waals surface area contributed by atoms with Gasteiger partial charge in [-0.25, -0.2) is 14.4 Å². The Bertz CT molecular complexity index is 1530. The number of carboxylic acid groups (broad SMARTS) is 1. The van der Waals surface area contributed by atoms with Gasteiger partial charge in [0.25, 0.3) is 11.8 Å². The molecule has 3 rings (SSSR count). The van der Waals surface area contributed by atoms with E-state index < -0.39 is 73.2 Å². The van der Waals surface area contributed by atoms with Gasteiger partial charge in [-0.15, -0.1) is 4.91 Å². The van der Waals surface area contributed by atoms with Gasteiger partial charge in [-0.2, -0.15) is 0 Å². The van der Waals surface area contributed by atoms with E-state index >= 15 is 0 Å². The van der Waals surface area contributed by atoms with Crippen molar-refractivity contribution < 1.29 is 29.3 Å². The van der Waals surface area contributed by atoms with Crippen LogP contribution in [-0.2, 0) is 9.59 Å². The number of carbonyl (C=O) groups excluding carboxylic acids is 2. The Morgan fingerprint density at radius 1 is 0.865 bits per heavy atom. The third kappa shape index (κ3) is 7.64. The second-order valence-electron chi connectivity index (χ2n) is 6.15. The average molecular weight is 545 g/mol. The molecule has 3 heterocycles. The lowest BCUT2D eigenvalue weighted by molar-refractivity contribution is -0.387. The lowest BCUT2D eigenvalue weighted by atomic mass is 10.2. The fourth-order valence-electron chi connectivity index (χ4n) is 2.23. The molecule has 22 nitrogen and oxygen atoms in total. The average Bonchev–Trinajstić information content (AvgIpc) is 2.72. The molecule has 2 aromatic rings. The number of rotatable bonds is 4. The lowest BCUT2D eigenvalue weighted by Crippen LogP contribution is -2.57. The van der Waals surface area contributed by atoms with Gasteiger partial charge in [0.05, 0.1) is 9.85 Å². The number of nitrogens with one attached hydrogen (secondary N) is 6. The number of hydrogen-bond acceptors (Lipinski definition) is 14. The zero-order valence-corrected chi connectivity index (χ0v) is 18.5. The Morgan fingerprint density at radius 2 is 1.30 bits per heavy atom. The quantitative estimate of drug-likeness (QED) is 0.0647. The van der Waals surface area contributed by atoms with E-state index in [1.165, 1.54) is 6.92 Å². The molecule has 0 spiro atoms. The fraction of sp³-hybridized carbons (Fsp3) is 0.143. The molecule has 23 heteroatoms.